The summed E-state index contributed by atoms with van der Waals surface area (Å²) in [6.07, 6.45) is 6.38. The molecule has 66 valence electrons. The van der Waals surface area contributed by atoms with Gasteiger partial charge in [0.25, 0.3) is 0 Å². The van der Waals surface area contributed by atoms with Crippen LogP contribution in [0, 0.1) is 6.92 Å². The van der Waals surface area contributed by atoms with E-state index in [2.05, 4.69) is 54.9 Å². The van der Waals surface area contributed by atoms with E-state index in [1.807, 2.05) is 0 Å². The molecular formula is C12H13N. The van der Waals surface area contributed by atoms with E-state index in [1.165, 1.54) is 16.7 Å². The fourth-order valence-electron chi connectivity index (χ4n) is 1.54. The number of aryl methyl sites for hydroxylation is 1. The molecule has 0 radical (unpaired) electrons. The van der Waals surface area contributed by atoms with E-state index in [0.717, 1.165) is 6.54 Å². The third-order valence-electron chi connectivity index (χ3n) is 2.25. The summed E-state index contributed by atoms with van der Waals surface area (Å²) >= 11 is 0. The third-order valence-corrected chi connectivity index (χ3v) is 2.25. The molecule has 1 aromatic carbocycles. The number of hydrogen-bond donors (Lipinski definition) is 1. The van der Waals surface area contributed by atoms with Crippen molar-refractivity contribution in [2.75, 3.05) is 6.54 Å². The second-order valence-corrected chi connectivity index (χ2v) is 3.23. The Morgan fingerprint density at radius 1 is 1.23 bits per heavy atom. The normalized spacial score (nSPS) is 15.0. The second kappa shape index (κ2) is 3.48. The van der Waals surface area contributed by atoms with E-state index in [0.29, 0.717) is 0 Å². The smallest absolute Gasteiger partial charge is 0.0328 e. The minimum Gasteiger partial charge on any atom is -0.387 e. The minimum absolute atomic E-state index is 0.940. The molecule has 1 heteroatoms. The van der Waals surface area contributed by atoms with Crippen molar-refractivity contribution < 1.29 is 0 Å². The van der Waals surface area contributed by atoms with Gasteiger partial charge in [0.2, 0.25) is 0 Å². The average Bonchev–Trinajstić information content (AvgIpc) is 2.20. The molecule has 0 unspecified atom stereocenters. The lowest BCUT2D eigenvalue weighted by molar-refractivity contribution is 0.976. The fraction of sp³-hybridized carbons (Fsp3) is 0.167. The van der Waals surface area contributed by atoms with Crippen molar-refractivity contribution in [1.82, 2.24) is 5.32 Å². The lowest BCUT2D eigenvalue weighted by Gasteiger charge is -2.10. The van der Waals surface area contributed by atoms with Gasteiger partial charge >= 0.3 is 0 Å². The highest BCUT2D eigenvalue weighted by Gasteiger charge is 2.02. The Bertz CT molecular complexity index is 361. The Kier molecular flexibility index (Phi) is 2.17. The van der Waals surface area contributed by atoms with E-state index < -0.39 is 0 Å². The van der Waals surface area contributed by atoms with Gasteiger partial charge in [0.1, 0.15) is 0 Å². The first-order valence-electron chi connectivity index (χ1n) is 4.54. The predicted octanol–water partition coefficient (Wildman–Crippen LogP) is 2.50. The molecule has 1 aromatic rings. The molecule has 0 amide bonds. The monoisotopic (exact) mass is 171 g/mol. The summed E-state index contributed by atoms with van der Waals surface area (Å²) in [6, 6.07) is 8.43. The second-order valence-electron chi connectivity index (χ2n) is 3.23. The molecule has 1 heterocycles. The van der Waals surface area contributed by atoms with E-state index in [9.17, 15) is 0 Å². The van der Waals surface area contributed by atoms with Gasteiger partial charge in [0.05, 0.1) is 0 Å². The maximum absolute atomic E-state index is 3.21. The van der Waals surface area contributed by atoms with Gasteiger partial charge in [-0.1, -0.05) is 36.4 Å². The zero-order valence-corrected chi connectivity index (χ0v) is 7.75. The molecule has 1 aliphatic rings. The van der Waals surface area contributed by atoms with E-state index >= 15 is 0 Å². The van der Waals surface area contributed by atoms with Crippen LogP contribution in [0.1, 0.15) is 11.1 Å². The van der Waals surface area contributed by atoms with Crippen molar-refractivity contribution >= 4 is 5.57 Å². The zero-order valence-electron chi connectivity index (χ0n) is 7.75. The fourth-order valence-corrected chi connectivity index (χ4v) is 1.54. The number of allylic oxidation sites excluding steroid dienone is 2. The molecule has 0 spiro atoms. The summed E-state index contributed by atoms with van der Waals surface area (Å²) in [6.45, 7) is 3.08. The molecule has 1 nitrogen and oxygen atoms in total. The molecule has 1 N–H and O–H groups in total. The number of benzene rings is 1. The zero-order chi connectivity index (χ0) is 9.10. The van der Waals surface area contributed by atoms with Gasteiger partial charge in [-0.2, -0.15) is 0 Å². The van der Waals surface area contributed by atoms with Crippen molar-refractivity contribution in [2.24, 2.45) is 0 Å². The van der Waals surface area contributed by atoms with Crippen LogP contribution in [-0.4, -0.2) is 6.54 Å². The SMILES string of the molecule is Cc1ccccc1C1=CNCC=C1. The summed E-state index contributed by atoms with van der Waals surface area (Å²) in [4.78, 5) is 0. The van der Waals surface area contributed by atoms with Crippen molar-refractivity contribution in [3.05, 3.63) is 53.7 Å². The van der Waals surface area contributed by atoms with Crippen LogP contribution in [0.15, 0.2) is 42.6 Å². The molecule has 0 atom stereocenters. The first-order valence-corrected chi connectivity index (χ1v) is 4.54. The van der Waals surface area contributed by atoms with Crippen molar-refractivity contribution in [3.8, 4) is 0 Å². The van der Waals surface area contributed by atoms with Crippen molar-refractivity contribution in [1.29, 1.82) is 0 Å². The standard InChI is InChI=1S/C12H13N/c1-10-5-2-3-7-12(10)11-6-4-8-13-9-11/h2-7,9,13H,8H2,1H3. The molecule has 0 fully saturated rings. The van der Waals surface area contributed by atoms with E-state index in [-0.39, 0.29) is 0 Å². The minimum atomic E-state index is 0.940. The van der Waals surface area contributed by atoms with Crippen LogP contribution in [0.3, 0.4) is 0 Å². The molecule has 0 saturated carbocycles. The Balaban J connectivity index is 2.40. The number of hydrogen-bond acceptors (Lipinski definition) is 1. The molecule has 2 rings (SSSR count). The largest absolute Gasteiger partial charge is 0.387 e. The summed E-state index contributed by atoms with van der Waals surface area (Å²) in [5.41, 5.74) is 3.90. The molecule has 1 aliphatic heterocycles. The summed E-state index contributed by atoms with van der Waals surface area (Å²) in [7, 11) is 0. The average molecular weight is 171 g/mol. The van der Waals surface area contributed by atoms with Gasteiger partial charge < -0.3 is 5.32 Å². The van der Waals surface area contributed by atoms with Gasteiger partial charge in [0, 0.05) is 12.7 Å². The third kappa shape index (κ3) is 1.64. The quantitative estimate of drug-likeness (QED) is 0.684. The lowest BCUT2D eigenvalue weighted by Crippen LogP contribution is -2.08. The molecule has 0 bridgehead atoms. The number of dihydropyridines is 1. The molecule has 13 heavy (non-hydrogen) atoms. The van der Waals surface area contributed by atoms with Gasteiger partial charge in [-0.15, -0.1) is 0 Å². The van der Waals surface area contributed by atoms with Crippen LogP contribution in [0.4, 0.5) is 0 Å². The first kappa shape index (κ1) is 8.11. The van der Waals surface area contributed by atoms with Crippen LogP contribution in [0.2, 0.25) is 0 Å². The molecule has 0 aliphatic carbocycles. The Morgan fingerprint density at radius 2 is 2.08 bits per heavy atom. The van der Waals surface area contributed by atoms with E-state index in [4.69, 9.17) is 0 Å². The Morgan fingerprint density at radius 3 is 2.77 bits per heavy atom. The van der Waals surface area contributed by atoms with Gasteiger partial charge in [-0.05, 0) is 23.6 Å². The van der Waals surface area contributed by atoms with Crippen LogP contribution in [0.5, 0.6) is 0 Å². The Labute approximate surface area is 78.8 Å². The number of rotatable bonds is 1. The summed E-state index contributed by atoms with van der Waals surface area (Å²) in [5.74, 6) is 0. The van der Waals surface area contributed by atoms with E-state index in [1.54, 1.807) is 0 Å². The maximum Gasteiger partial charge on any atom is 0.0328 e. The van der Waals surface area contributed by atoms with Crippen LogP contribution >= 0.6 is 0 Å². The predicted molar refractivity (Wildman–Crippen MR) is 56.3 cm³/mol. The van der Waals surface area contributed by atoms with Crippen molar-refractivity contribution in [2.45, 2.75) is 6.92 Å². The lowest BCUT2D eigenvalue weighted by atomic mass is 10.0. The molecular weight excluding hydrogens is 158 g/mol. The molecule has 0 aromatic heterocycles. The first-order chi connectivity index (χ1) is 6.38. The van der Waals surface area contributed by atoms with Crippen LogP contribution in [-0.2, 0) is 0 Å². The number of nitrogens with one attached hydrogen (secondary N) is 1. The van der Waals surface area contributed by atoms with Crippen LogP contribution < -0.4 is 5.32 Å². The summed E-state index contributed by atoms with van der Waals surface area (Å²) < 4.78 is 0. The van der Waals surface area contributed by atoms with Gasteiger partial charge in [0.15, 0.2) is 0 Å². The summed E-state index contributed by atoms with van der Waals surface area (Å²) in [5, 5.41) is 3.21. The highest BCUT2D eigenvalue weighted by molar-refractivity contribution is 5.76. The topological polar surface area (TPSA) is 12.0 Å². The highest BCUT2D eigenvalue weighted by Crippen LogP contribution is 2.20. The maximum atomic E-state index is 3.21. The van der Waals surface area contributed by atoms with Gasteiger partial charge in [-0.3, -0.25) is 0 Å². The van der Waals surface area contributed by atoms with Crippen molar-refractivity contribution in [3.63, 3.8) is 0 Å². The van der Waals surface area contributed by atoms with Crippen LogP contribution in [0.25, 0.3) is 5.57 Å². The molecule has 0 saturated heterocycles. The Hall–Kier alpha value is -1.50. The van der Waals surface area contributed by atoms with Gasteiger partial charge in [-0.25, -0.2) is 0 Å². The highest BCUT2D eigenvalue weighted by atomic mass is 14.8.